The Bertz CT molecular complexity index is 888. The summed E-state index contributed by atoms with van der Waals surface area (Å²) in [6.45, 7) is 10.5. The number of hydrogen-bond donors (Lipinski definition) is 2. The van der Waals surface area contributed by atoms with Gasteiger partial charge in [-0.2, -0.15) is 0 Å². The number of carbonyl (C=O) groups is 3. The summed E-state index contributed by atoms with van der Waals surface area (Å²) < 4.78 is 5.20. The van der Waals surface area contributed by atoms with Gasteiger partial charge in [0.1, 0.15) is 17.7 Å². The Kier molecular flexibility index (Phi) is 9.81. The van der Waals surface area contributed by atoms with Gasteiger partial charge in [-0.25, -0.2) is 4.79 Å². The molecule has 3 unspecified atom stereocenters. The molecule has 1 rings (SSSR count). The average molecular weight is 440 g/mol. The van der Waals surface area contributed by atoms with Gasteiger partial charge in [-0.15, -0.1) is 6.42 Å². The van der Waals surface area contributed by atoms with E-state index in [9.17, 15) is 14.4 Å². The van der Waals surface area contributed by atoms with E-state index in [-0.39, 0.29) is 6.04 Å². The first-order valence-electron chi connectivity index (χ1n) is 10.6. The number of amides is 3. The molecule has 0 spiro atoms. The zero-order chi connectivity index (χ0) is 24.5. The average Bonchev–Trinajstić information content (AvgIpc) is 2.70. The Balaban J connectivity index is 3.21. The van der Waals surface area contributed by atoms with Crippen LogP contribution in [0.1, 0.15) is 71.6 Å². The minimum absolute atomic E-state index is 0.105. The molecule has 7 nitrogen and oxygen atoms in total. The van der Waals surface area contributed by atoms with E-state index in [0.29, 0.717) is 11.1 Å². The largest absolute Gasteiger partial charge is 0.444 e. The third-order valence-corrected chi connectivity index (χ3v) is 4.49. The van der Waals surface area contributed by atoms with Crippen LogP contribution in [0.4, 0.5) is 4.79 Å². The van der Waals surface area contributed by atoms with Gasteiger partial charge in [0.2, 0.25) is 5.91 Å². The second kappa shape index (κ2) is 11.8. The lowest BCUT2D eigenvalue weighted by atomic mass is 10.0. The van der Waals surface area contributed by atoms with Gasteiger partial charge in [-0.1, -0.05) is 37.8 Å². The van der Waals surface area contributed by atoms with Gasteiger partial charge in [0.25, 0.3) is 5.91 Å². The van der Waals surface area contributed by atoms with Crippen LogP contribution in [0.3, 0.4) is 0 Å². The van der Waals surface area contributed by atoms with Crippen LogP contribution >= 0.6 is 0 Å². The first-order valence-corrected chi connectivity index (χ1v) is 10.6. The van der Waals surface area contributed by atoms with E-state index in [1.165, 1.54) is 6.92 Å². The molecule has 0 aliphatic heterocycles. The number of carbonyl (C=O) groups excluding carboxylic acids is 3. The zero-order valence-corrected chi connectivity index (χ0v) is 19.7. The minimum atomic E-state index is -1.10. The maximum Gasteiger partial charge on any atom is 0.408 e. The molecule has 0 heterocycles. The molecule has 0 fully saturated rings. The molecule has 3 amide bonds. The molecule has 0 radical (unpaired) electrons. The highest BCUT2D eigenvalue weighted by Crippen LogP contribution is 2.23. The lowest BCUT2D eigenvalue weighted by Gasteiger charge is -2.30. The van der Waals surface area contributed by atoms with Crippen molar-refractivity contribution in [3.63, 3.8) is 0 Å². The lowest BCUT2D eigenvalue weighted by Crippen LogP contribution is -2.51. The van der Waals surface area contributed by atoms with E-state index in [0.717, 1.165) is 17.7 Å². The van der Waals surface area contributed by atoms with Gasteiger partial charge in [0.05, 0.1) is 0 Å². The van der Waals surface area contributed by atoms with Crippen LogP contribution in [0.2, 0.25) is 0 Å². The van der Waals surface area contributed by atoms with E-state index >= 15 is 0 Å². The normalized spacial score (nSPS) is 13.5. The third kappa shape index (κ3) is 8.00. The summed E-state index contributed by atoms with van der Waals surface area (Å²) in [7, 11) is 0. The van der Waals surface area contributed by atoms with Crippen molar-refractivity contribution < 1.29 is 19.1 Å². The molecule has 1 aromatic carbocycles. The van der Waals surface area contributed by atoms with Crippen molar-refractivity contribution in [1.82, 2.24) is 15.5 Å². The Hall–Kier alpha value is -3.45. The summed E-state index contributed by atoms with van der Waals surface area (Å²) >= 11 is 0. The van der Waals surface area contributed by atoms with Crippen molar-refractivity contribution >= 4 is 17.9 Å². The molecule has 7 heteroatoms. The van der Waals surface area contributed by atoms with Gasteiger partial charge in [0.15, 0.2) is 0 Å². The van der Waals surface area contributed by atoms with E-state index < -0.39 is 35.6 Å². The molecular weight excluding hydrogens is 406 g/mol. The Labute approximate surface area is 191 Å². The number of hydrogen-bond acceptors (Lipinski definition) is 4. The van der Waals surface area contributed by atoms with Crippen molar-refractivity contribution in [3.8, 4) is 24.8 Å². The van der Waals surface area contributed by atoms with Gasteiger partial charge in [0, 0.05) is 17.6 Å². The number of nitrogens with zero attached hydrogens (tertiary/aromatic N) is 1. The Morgan fingerprint density at radius 2 is 1.69 bits per heavy atom. The quantitative estimate of drug-likeness (QED) is 0.480. The van der Waals surface area contributed by atoms with Crippen LogP contribution < -0.4 is 10.6 Å². The SMILES string of the molecule is C#Cc1ccc(C(C(=O)NC(C)CCC)N(C#C)C(=O)C(C)NC(=O)OC(C)(C)C)cc1. The highest BCUT2D eigenvalue weighted by atomic mass is 16.6. The second-order valence-electron chi connectivity index (χ2n) is 8.57. The fourth-order valence-electron chi connectivity index (χ4n) is 3.03. The Morgan fingerprint density at radius 1 is 1.09 bits per heavy atom. The molecule has 0 aromatic heterocycles. The van der Waals surface area contributed by atoms with Gasteiger partial charge < -0.3 is 15.4 Å². The summed E-state index contributed by atoms with van der Waals surface area (Å²) in [6, 6.07) is 6.76. The van der Waals surface area contributed by atoms with E-state index in [1.807, 2.05) is 13.8 Å². The summed E-state index contributed by atoms with van der Waals surface area (Å²) in [5.74, 6) is 1.47. The number of terminal acetylenes is 2. The molecule has 0 saturated carbocycles. The predicted molar refractivity (Wildman–Crippen MR) is 124 cm³/mol. The number of ether oxygens (including phenoxy) is 1. The lowest BCUT2D eigenvalue weighted by molar-refractivity contribution is -0.138. The first-order chi connectivity index (χ1) is 14.9. The van der Waals surface area contributed by atoms with Crippen LogP contribution in [0.15, 0.2) is 24.3 Å². The van der Waals surface area contributed by atoms with Crippen LogP contribution in [-0.2, 0) is 14.3 Å². The highest BCUT2D eigenvalue weighted by Gasteiger charge is 2.34. The van der Waals surface area contributed by atoms with Crippen molar-refractivity contribution in [1.29, 1.82) is 0 Å². The maximum absolute atomic E-state index is 13.2. The molecule has 1 aromatic rings. The van der Waals surface area contributed by atoms with Crippen molar-refractivity contribution in [3.05, 3.63) is 35.4 Å². The molecule has 172 valence electrons. The maximum atomic E-state index is 13.2. The molecule has 0 bridgehead atoms. The van der Waals surface area contributed by atoms with E-state index in [2.05, 4.69) is 22.6 Å². The van der Waals surface area contributed by atoms with Gasteiger partial charge in [-0.05, 0) is 58.7 Å². The van der Waals surface area contributed by atoms with Crippen LogP contribution in [0.5, 0.6) is 0 Å². The molecule has 2 N–H and O–H groups in total. The first kappa shape index (κ1) is 26.6. The summed E-state index contributed by atoms with van der Waals surface area (Å²) in [5, 5.41) is 5.38. The fraction of sp³-hybridized carbons (Fsp3) is 0.480. The smallest absolute Gasteiger partial charge is 0.408 e. The summed E-state index contributed by atoms with van der Waals surface area (Å²) in [5.41, 5.74) is 0.404. The van der Waals surface area contributed by atoms with Crippen molar-refractivity contribution in [2.75, 3.05) is 0 Å². The second-order valence-corrected chi connectivity index (χ2v) is 8.57. The number of rotatable bonds is 8. The number of benzene rings is 1. The van der Waals surface area contributed by atoms with Crippen molar-refractivity contribution in [2.24, 2.45) is 0 Å². The summed E-state index contributed by atoms with van der Waals surface area (Å²) in [6.07, 6.45) is 12.0. The Morgan fingerprint density at radius 3 is 2.16 bits per heavy atom. The molecule has 3 atom stereocenters. The topological polar surface area (TPSA) is 87.7 Å². The molecule has 32 heavy (non-hydrogen) atoms. The van der Waals surface area contributed by atoms with Crippen LogP contribution in [0, 0.1) is 24.8 Å². The molecule has 0 aliphatic carbocycles. The zero-order valence-electron chi connectivity index (χ0n) is 19.7. The standard InChI is InChI=1S/C25H33N3O4/c1-9-12-17(4)26-22(29)21(20-15-13-19(10-2)14-16-20)28(11-3)23(30)18(5)27-24(31)32-25(6,7)8/h2-3,13-18,21H,9,12H2,1,4-8H3,(H,26,29)(H,27,31). The van der Waals surface area contributed by atoms with Crippen LogP contribution in [-0.4, -0.2) is 40.5 Å². The van der Waals surface area contributed by atoms with Crippen LogP contribution in [0.25, 0.3) is 0 Å². The third-order valence-electron chi connectivity index (χ3n) is 4.49. The number of nitrogens with one attached hydrogen (secondary N) is 2. The van der Waals surface area contributed by atoms with E-state index in [1.54, 1.807) is 45.0 Å². The molecule has 0 saturated heterocycles. The van der Waals surface area contributed by atoms with Gasteiger partial charge >= 0.3 is 6.09 Å². The molecular formula is C25H33N3O4. The predicted octanol–water partition coefficient (Wildman–Crippen LogP) is 3.35. The minimum Gasteiger partial charge on any atom is -0.444 e. The molecule has 0 aliphatic rings. The monoisotopic (exact) mass is 439 g/mol. The highest BCUT2D eigenvalue weighted by molar-refractivity contribution is 5.93. The fourth-order valence-corrected chi connectivity index (χ4v) is 3.03. The van der Waals surface area contributed by atoms with E-state index in [4.69, 9.17) is 17.6 Å². The number of alkyl carbamates (subject to hydrolysis) is 1. The van der Waals surface area contributed by atoms with Crippen molar-refractivity contribution in [2.45, 2.75) is 78.1 Å². The summed E-state index contributed by atoms with van der Waals surface area (Å²) in [4.78, 5) is 39.4. The van der Waals surface area contributed by atoms with Gasteiger partial charge in [-0.3, -0.25) is 14.5 Å².